The van der Waals surface area contributed by atoms with Gasteiger partial charge in [-0.25, -0.2) is 0 Å². The fourth-order valence-electron chi connectivity index (χ4n) is 2.82. The molecule has 0 spiro atoms. The molecule has 1 N–H and O–H groups in total. The lowest BCUT2D eigenvalue weighted by molar-refractivity contribution is 0.547. The summed E-state index contributed by atoms with van der Waals surface area (Å²) in [6, 6.07) is 21.5. The summed E-state index contributed by atoms with van der Waals surface area (Å²) in [5.74, 6) is 0. The van der Waals surface area contributed by atoms with Gasteiger partial charge < -0.3 is 5.32 Å². The molecule has 21 heavy (non-hydrogen) atoms. The second-order valence-electron chi connectivity index (χ2n) is 5.20. The normalized spacial score (nSPS) is 12.4. The molecule has 0 aliphatic carbocycles. The van der Waals surface area contributed by atoms with E-state index in [9.17, 15) is 0 Å². The highest BCUT2D eigenvalue weighted by Gasteiger charge is 2.14. The highest BCUT2D eigenvalue weighted by molar-refractivity contribution is 5.86. The van der Waals surface area contributed by atoms with Crippen LogP contribution in [0.4, 0.5) is 0 Å². The Morgan fingerprint density at radius 1 is 0.952 bits per heavy atom. The van der Waals surface area contributed by atoms with Gasteiger partial charge in [0, 0.05) is 24.4 Å². The number of aromatic nitrogens is 1. The maximum Gasteiger partial charge on any atom is 0.0422 e. The van der Waals surface area contributed by atoms with E-state index in [-0.39, 0.29) is 6.04 Å². The Hall–Kier alpha value is -2.19. The quantitative estimate of drug-likeness (QED) is 0.758. The summed E-state index contributed by atoms with van der Waals surface area (Å²) in [4.78, 5) is 4.47. The van der Waals surface area contributed by atoms with Crippen molar-refractivity contribution < 1.29 is 0 Å². The highest BCUT2D eigenvalue weighted by Crippen LogP contribution is 2.26. The van der Waals surface area contributed by atoms with Crippen molar-refractivity contribution in [3.63, 3.8) is 0 Å². The van der Waals surface area contributed by atoms with E-state index in [0.717, 1.165) is 18.7 Å². The number of fused-ring (bicyclic) bond motifs is 1. The minimum atomic E-state index is 0.288. The van der Waals surface area contributed by atoms with Gasteiger partial charge in [0.25, 0.3) is 0 Å². The largest absolute Gasteiger partial charge is 0.310 e. The smallest absolute Gasteiger partial charge is 0.0422 e. The summed E-state index contributed by atoms with van der Waals surface area (Å²) < 4.78 is 0. The van der Waals surface area contributed by atoms with Crippen LogP contribution in [0.25, 0.3) is 10.8 Å². The van der Waals surface area contributed by atoms with Crippen LogP contribution in [0.5, 0.6) is 0 Å². The fourth-order valence-corrected chi connectivity index (χ4v) is 2.82. The third kappa shape index (κ3) is 3.11. The molecule has 1 unspecified atom stereocenters. The van der Waals surface area contributed by atoms with Crippen LogP contribution in [0.2, 0.25) is 0 Å². The number of nitrogens with zero attached hydrogens (tertiary/aromatic N) is 1. The van der Waals surface area contributed by atoms with Crippen molar-refractivity contribution in [2.75, 3.05) is 6.54 Å². The van der Waals surface area contributed by atoms with Gasteiger partial charge in [-0.15, -0.1) is 0 Å². The van der Waals surface area contributed by atoms with Crippen LogP contribution in [0.1, 0.15) is 24.2 Å². The third-order valence-electron chi connectivity index (χ3n) is 3.79. The van der Waals surface area contributed by atoms with E-state index in [0.29, 0.717) is 0 Å². The topological polar surface area (TPSA) is 24.9 Å². The van der Waals surface area contributed by atoms with Gasteiger partial charge in [0.2, 0.25) is 0 Å². The van der Waals surface area contributed by atoms with Gasteiger partial charge in [0.15, 0.2) is 0 Å². The molecule has 0 aliphatic heterocycles. The van der Waals surface area contributed by atoms with Crippen LogP contribution in [0.3, 0.4) is 0 Å². The zero-order valence-electron chi connectivity index (χ0n) is 12.3. The lowest BCUT2D eigenvalue weighted by atomic mass is 9.95. The molecule has 2 nitrogen and oxygen atoms in total. The average Bonchev–Trinajstić information content (AvgIpc) is 2.55. The predicted octanol–water partition coefficient (Wildman–Crippen LogP) is 4.13. The molecular formula is C19H20N2. The van der Waals surface area contributed by atoms with Crippen molar-refractivity contribution in [3.8, 4) is 0 Å². The lowest BCUT2D eigenvalue weighted by Crippen LogP contribution is -2.23. The predicted molar refractivity (Wildman–Crippen MR) is 88.3 cm³/mol. The summed E-state index contributed by atoms with van der Waals surface area (Å²) in [5.41, 5.74) is 2.47. The molecule has 0 saturated carbocycles. The molecular weight excluding hydrogens is 256 g/mol. The Bertz CT molecular complexity index is 702. The highest BCUT2D eigenvalue weighted by atomic mass is 14.9. The van der Waals surface area contributed by atoms with Crippen molar-refractivity contribution in [2.24, 2.45) is 0 Å². The Kier molecular flexibility index (Phi) is 4.27. The molecule has 1 heterocycles. The molecule has 0 bridgehead atoms. The van der Waals surface area contributed by atoms with E-state index in [4.69, 9.17) is 0 Å². The summed E-state index contributed by atoms with van der Waals surface area (Å²) in [6.45, 7) is 3.09. The van der Waals surface area contributed by atoms with Gasteiger partial charge in [-0.2, -0.15) is 0 Å². The third-order valence-corrected chi connectivity index (χ3v) is 3.79. The lowest BCUT2D eigenvalue weighted by Gasteiger charge is -2.20. The number of nitrogens with one attached hydrogen (secondary N) is 1. The van der Waals surface area contributed by atoms with Crippen molar-refractivity contribution >= 4 is 10.8 Å². The minimum absolute atomic E-state index is 0.288. The Labute approximate surface area is 125 Å². The first-order chi connectivity index (χ1) is 10.4. The maximum absolute atomic E-state index is 4.47. The minimum Gasteiger partial charge on any atom is -0.310 e. The zero-order chi connectivity index (χ0) is 14.5. The average molecular weight is 276 g/mol. The number of rotatable bonds is 5. The van der Waals surface area contributed by atoms with Crippen molar-refractivity contribution in [3.05, 3.63) is 78.1 Å². The number of hydrogen-bond acceptors (Lipinski definition) is 2. The van der Waals surface area contributed by atoms with Crippen molar-refractivity contribution in [1.82, 2.24) is 10.3 Å². The molecule has 3 aromatic rings. The summed E-state index contributed by atoms with van der Waals surface area (Å²) >= 11 is 0. The second kappa shape index (κ2) is 6.51. The summed E-state index contributed by atoms with van der Waals surface area (Å²) in [6.07, 6.45) is 2.77. The van der Waals surface area contributed by atoms with Gasteiger partial charge in [0.1, 0.15) is 0 Å². The molecule has 1 aromatic heterocycles. The number of hydrogen-bond donors (Lipinski definition) is 1. The molecule has 0 amide bonds. The van der Waals surface area contributed by atoms with Crippen LogP contribution in [0.15, 0.2) is 66.9 Å². The first-order valence-corrected chi connectivity index (χ1v) is 7.49. The molecule has 2 heteroatoms. The molecule has 0 saturated heterocycles. The van der Waals surface area contributed by atoms with Crippen LogP contribution in [-0.4, -0.2) is 11.5 Å². The zero-order valence-corrected chi connectivity index (χ0v) is 12.3. The van der Waals surface area contributed by atoms with E-state index >= 15 is 0 Å². The fraction of sp³-hybridized carbons (Fsp3) is 0.211. The van der Waals surface area contributed by atoms with Crippen LogP contribution in [0, 0.1) is 0 Å². The van der Waals surface area contributed by atoms with Crippen LogP contribution >= 0.6 is 0 Å². The van der Waals surface area contributed by atoms with Gasteiger partial charge in [-0.05, 0) is 35.0 Å². The standard InChI is InChI=1S/C19H20N2/c1-2-20-19(14-16-10-5-6-13-21-16)18-12-7-9-15-8-3-4-11-17(15)18/h3-13,19-20H,2,14H2,1H3. The van der Waals surface area contributed by atoms with Crippen molar-refractivity contribution in [2.45, 2.75) is 19.4 Å². The van der Waals surface area contributed by atoms with Crippen molar-refractivity contribution in [1.29, 1.82) is 0 Å². The Morgan fingerprint density at radius 2 is 1.76 bits per heavy atom. The van der Waals surface area contributed by atoms with E-state index in [1.807, 2.05) is 12.3 Å². The molecule has 3 rings (SSSR count). The van der Waals surface area contributed by atoms with E-state index in [2.05, 4.69) is 71.8 Å². The SMILES string of the molecule is CCNC(Cc1ccccn1)c1cccc2ccccc12. The molecule has 0 radical (unpaired) electrons. The van der Waals surface area contributed by atoms with E-state index in [1.165, 1.54) is 16.3 Å². The number of pyridine rings is 1. The monoisotopic (exact) mass is 276 g/mol. The van der Waals surface area contributed by atoms with Crippen LogP contribution in [-0.2, 0) is 6.42 Å². The van der Waals surface area contributed by atoms with Gasteiger partial charge in [0.05, 0.1) is 0 Å². The van der Waals surface area contributed by atoms with Gasteiger partial charge in [-0.3, -0.25) is 4.98 Å². The van der Waals surface area contributed by atoms with Crippen LogP contribution < -0.4 is 5.32 Å². The second-order valence-corrected chi connectivity index (χ2v) is 5.20. The van der Waals surface area contributed by atoms with Gasteiger partial charge in [-0.1, -0.05) is 55.5 Å². The maximum atomic E-state index is 4.47. The Morgan fingerprint density at radius 3 is 2.57 bits per heavy atom. The molecule has 1 atom stereocenters. The summed E-state index contributed by atoms with van der Waals surface area (Å²) in [7, 11) is 0. The first kappa shape index (κ1) is 13.8. The van der Waals surface area contributed by atoms with Gasteiger partial charge >= 0.3 is 0 Å². The van der Waals surface area contributed by atoms with E-state index in [1.54, 1.807) is 0 Å². The molecule has 106 valence electrons. The molecule has 2 aromatic carbocycles. The first-order valence-electron chi connectivity index (χ1n) is 7.49. The van der Waals surface area contributed by atoms with E-state index < -0.39 is 0 Å². The number of benzene rings is 2. The molecule has 0 aliphatic rings. The number of likely N-dealkylation sites (N-methyl/N-ethyl adjacent to an activating group) is 1. The molecule has 0 fully saturated rings. The Balaban J connectivity index is 1.99. The summed E-state index contributed by atoms with van der Waals surface area (Å²) in [5, 5.41) is 6.21.